The first kappa shape index (κ1) is 7.86. The molecule has 2 rings (SSSR count). The van der Waals surface area contributed by atoms with E-state index in [-0.39, 0.29) is 5.97 Å². The van der Waals surface area contributed by atoms with Gasteiger partial charge in [0.2, 0.25) is 0 Å². The van der Waals surface area contributed by atoms with Gasteiger partial charge in [0.1, 0.15) is 5.70 Å². The number of nitrogens with one attached hydrogen (secondary N) is 1. The summed E-state index contributed by atoms with van der Waals surface area (Å²) in [6.45, 7) is 1.17. The minimum absolute atomic E-state index is 0.229. The lowest BCUT2D eigenvalue weighted by Gasteiger charge is -2.22. The quantitative estimate of drug-likeness (QED) is 0.632. The van der Waals surface area contributed by atoms with Gasteiger partial charge < -0.3 is 10.1 Å². The Hall–Kier alpha value is -0.770. The Bertz CT molecular complexity index is 293. The topological polar surface area (TPSA) is 38.3 Å². The zero-order valence-corrected chi connectivity index (χ0v) is 7.98. The van der Waals surface area contributed by atoms with Crippen molar-refractivity contribution in [3.05, 3.63) is 21.8 Å². The molecule has 0 atom stereocenters. The van der Waals surface area contributed by atoms with Crippen molar-refractivity contribution >= 4 is 21.9 Å². The van der Waals surface area contributed by atoms with Gasteiger partial charge in [0.05, 0.1) is 6.61 Å². The second-order valence-electron chi connectivity index (χ2n) is 2.73. The predicted molar refractivity (Wildman–Crippen MR) is 47.6 cm³/mol. The smallest absolute Gasteiger partial charge is 0.354 e. The Morgan fingerprint density at radius 1 is 1.58 bits per heavy atom. The largest absolute Gasteiger partial charge is 0.461 e. The molecule has 12 heavy (non-hydrogen) atoms. The standard InChI is InChI=1S/C8H8BrNO2/c9-6-3-5-1-2-12-8(11)7(5)10-4-6/h3,10H,1-2,4H2. The molecule has 0 saturated heterocycles. The molecule has 2 aliphatic rings. The number of halogens is 1. The van der Waals surface area contributed by atoms with Gasteiger partial charge in [-0.15, -0.1) is 0 Å². The lowest BCUT2D eigenvalue weighted by Crippen LogP contribution is -2.31. The summed E-state index contributed by atoms with van der Waals surface area (Å²) >= 11 is 3.38. The molecule has 0 bridgehead atoms. The van der Waals surface area contributed by atoms with Crippen molar-refractivity contribution in [1.82, 2.24) is 5.32 Å². The van der Waals surface area contributed by atoms with Crippen LogP contribution in [-0.2, 0) is 9.53 Å². The van der Waals surface area contributed by atoms with Crippen LogP contribution in [0.1, 0.15) is 6.42 Å². The van der Waals surface area contributed by atoms with E-state index < -0.39 is 0 Å². The highest BCUT2D eigenvalue weighted by Gasteiger charge is 2.23. The van der Waals surface area contributed by atoms with Crippen molar-refractivity contribution in [2.75, 3.05) is 13.2 Å². The lowest BCUT2D eigenvalue weighted by molar-refractivity contribution is -0.140. The summed E-state index contributed by atoms with van der Waals surface area (Å²) in [5, 5.41) is 3.01. The van der Waals surface area contributed by atoms with Gasteiger partial charge >= 0.3 is 5.97 Å². The maximum atomic E-state index is 11.1. The average Bonchev–Trinajstić information content (AvgIpc) is 2.04. The third-order valence-corrected chi connectivity index (χ3v) is 2.40. The van der Waals surface area contributed by atoms with Crippen LogP contribution >= 0.6 is 15.9 Å². The molecular weight excluding hydrogens is 222 g/mol. The maximum absolute atomic E-state index is 11.1. The zero-order chi connectivity index (χ0) is 8.55. The number of hydrogen-bond donors (Lipinski definition) is 1. The number of rotatable bonds is 0. The monoisotopic (exact) mass is 229 g/mol. The van der Waals surface area contributed by atoms with E-state index in [1.54, 1.807) is 0 Å². The minimum atomic E-state index is -0.229. The molecule has 0 aromatic carbocycles. The van der Waals surface area contributed by atoms with Crippen LogP contribution in [0.3, 0.4) is 0 Å². The number of ether oxygens (including phenoxy) is 1. The number of cyclic esters (lactones) is 1. The van der Waals surface area contributed by atoms with Crippen molar-refractivity contribution in [3.8, 4) is 0 Å². The molecule has 3 nitrogen and oxygen atoms in total. The normalized spacial score (nSPS) is 22.4. The van der Waals surface area contributed by atoms with Crippen LogP contribution in [-0.4, -0.2) is 19.1 Å². The highest BCUT2D eigenvalue weighted by atomic mass is 79.9. The van der Waals surface area contributed by atoms with Gasteiger partial charge in [0.25, 0.3) is 0 Å². The molecule has 1 N–H and O–H groups in total. The molecule has 2 aliphatic heterocycles. The molecule has 2 heterocycles. The van der Waals surface area contributed by atoms with Gasteiger partial charge in [-0.2, -0.15) is 0 Å². The maximum Gasteiger partial charge on any atom is 0.354 e. The lowest BCUT2D eigenvalue weighted by atomic mass is 10.1. The molecule has 4 heteroatoms. The molecule has 0 amide bonds. The van der Waals surface area contributed by atoms with Gasteiger partial charge in [-0.1, -0.05) is 15.9 Å². The summed E-state index contributed by atoms with van der Waals surface area (Å²) in [7, 11) is 0. The van der Waals surface area contributed by atoms with Crippen LogP contribution in [0.4, 0.5) is 0 Å². The van der Waals surface area contributed by atoms with E-state index in [2.05, 4.69) is 21.2 Å². The van der Waals surface area contributed by atoms with Gasteiger partial charge in [0, 0.05) is 17.4 Å². The third-order valence-electron chi connectivity index (χ3n) is 1.89. The van der Waals surface area contributed by atoms with Crippen LogP contribution in [0.25, 0.3) is 0 Å². The van der Waals surface area contributed by atoms with E-state index in [4.69, 9.17) is 4.74 Å². The fourth-order valence-electron chi connectivity index (χ4n) is 1.32. The minimum Gasteiger partial charge on any atom is -0.461 e. The van der Waals surface area contributed by atoms with Crippen molar-refractivity contribution in [2.45, 2.75) is 6.42 Å². The molecule has 0 unspecified atom stereocenters. The first-order valence-electron chi connectivity index (χ1n) is 3.77. The van der Waals surface area contributed by atoms with E-state index in [0.717, 1.165) is 16.5 Å². The van der Waals surface area contributed by atoms with Crippen LogP contribution in [0.5, 0.6) is 0 Å². The summed E-state index contributed by atoms with van der Waals surface area (Å²) in [5.41, 5.74) is 1.67. The highest BCUT2D eigenvalue weighted by molar-refractivity contribution is 9.11. The molecule has 0 radical (unpaired) electrons. The molecule has 0 aromatic rings. The highest BCUT2D eigenvalue weighted by Crippen LogP contribution is 2.23. The van der Waals surface area contributed by atoms with Crippen LogP contribution < -0.4 is 5.32 Å². The fraction of sp³-hybridized carbons (Fsp3) is 0.375. The van der Waals surface area contributed by atoms with Crippen molar-refractivity contribution < 1.29 is 9.53 Å². The molecule has 0 fully saturated rings. The number of allylic oxidation sites excluding steroid dienone is 1. The van der Waals surface area contributed by atoms with Crippen molar-refractivity contribution in [2.24, 2.45) is 0 Å². The summed E-state index contributed by atoms with van der Waals surface area (Å²) < 4.78 is 5.96. The van der Waals surface area contributed by atoms with Gasteiger partial charge in [-0.25, -0.2) is 4.79 Å². The average molecular weight is 230 g/mol. The molecule has 64 valence electrons. The Morgan fingerprint density at radius 2 is 2.42 bits per heavy atom. The summed E-state index contributed by atoms with van der Waals surface area (Å²) in [6.07, 6.45) is 2.80. The van der Waals surface area contributed by atoms with Gasteiger partial charge in [-0.05, 0) is 11.6 Å². The number of dihydropyridines is 1. The molecule has 0 spiro atoms. The molecule has 0 aliphatic carbocycles. The summed E-state index contributed by atoms with van der Waals surface area (Å²) in [5.74, 6) is -0.229. The van der Waals surface area contributed by atoms with Crippen LogP contribution in [0.15, 0.2) is 21.8 Å². The first-order chi connectivity index (χ1) is 5.77. The number of esters is 1. The third kappa shape index (κ3) is 1.27. The first-order valence-corrected chi connectivity index (χ1v) is 4.57. The van der Waals surface area contributed by atoms with E-state index in [9.17, 15) is 4.79 Å². The molecular formula is C8H8BrNO2. The summed E-state index contributed by atoms with van der Waals surface area (Å²) in [6, 6.07) is 0. The van der Waals surface area contributed by atoms with E-state index in [0.29, 0.717) is 18.8 Å². The second-order valence-corrected chi connectivity index (χ2v) is 3.75. The number of carbonyl (C=O) groups is 1. The number of carbonyl (C=O) groups excluding carboxylic acids is 1. The van der Waals surface area contributed by atoms with Crippen LogP contribution in [0.2, 0.25) is 0 Å². The Labute approximate surface area is 78.6 Å². The fourth-order valence-corrected chi connectivity index (χ4v) is 1.74. The van der Waals surface area contributed by atoms with Crippen molar-refractivity contribution in [1.29, 1.82) is 0 Å². The van der Waals surface area contributed by atoms with Crippen molar-refractivity contribution in [3.63, 3.8) is 0 Å². The van der Waals surface area contributed by atoms with E-state index >= 15 is 0 Å². The van der Waals surface area contributed by atoms with Gasteiger partial charge in [0.15, 0.2) is 0 Å². The predicted octanol–water partition coefficient (Wildman–Crippen LogP) is 1.07. The second kappa shape index (κ2) is 2.94. The summed E-state index contributed by atoms with van der Waals surface area (Å²) in [4.78, 5) is 11.1. The zero-order valence-electron chi connectivity index (χ0n) is 6.39. The van der Waals surface area contributed by atoms with E-state index in [1.807, 2.05) is 6.08 Å². The SMILES string of the molecule is O=C1OCCC2=C1NCC(Br)=C2. The van der Waals surface area contributed by atoms with Crippen LogP contribution in [0, 0.1) is 0 Å². The Balaban J connectivity index is 2.36. The number of hydrogen-bond acceptors (Lipinski definition) is 3. The van der Waals surface area contributed by atoms with Gasteiger partial charge in [-0.3, -0.25) is 0 Å². The Kier molecular flexibility index (Phi) is 1.92. The molecule has 0 aromatic heterocycles. The van der Waals surface area contributed by atoms with E-state index in [1.165, 1.54) is 0 Å². The molecule has 0 saturated carbocycles. The Morgan fingerprint density at radius 3 is 3.25 bits per heavy atom.